The predicted octanol–water partition coefficient (Wildman–Crippen LogP) is 1.26. The second-order valence-electron chi connectivity index (χ2n) is 4.24. The summed E-state index contributed by atoms with van der Waals surface area (Å²) in [5.74, 6) is 0. The first-order valence-electron chi connectivity index (χ1n) is 5.72. The number of hydrogen-bond donors (Lipinski definition) is 1. The summed E-state index contributed by atoms with van der Waals surface area (Å²) < 4.78 is 5.26. The minimum atomic E-state index is -0.375. The molecule has 84 valence electrons. The van der Waals surface area contributed by atoms with Gasteiger partial charge in [0.1, 0.15) is 0 Å². The Labute approximate surface area is 87.1 Å². The van der Waals surface area contributed by atoms with Crippen LogP contribution in [0.5, 0.6) is 0 Å². The van der Waals surface area contributed by atoms with Crippen LogP contribution < -0.4 is 0 Å². The van der Waals surface area contributed by atoms with E-state index in [1.54, 1.807) is 0 Å². The number of aliphatic hydroxyl groups is 1. The number of rotatable bonds is 7. The highest BCUT2D eigenvalue weighted by molar-refractivity contribution is 4.94. The van der Waals surface area contributed by atoms with Crippen LogP contribution in [-0.2, 0) is 4.74 Å². The van der Waals surface area contributed by atoms with Crippen molar-refractivity contribution in [2.24, 2.45) is 0 Å². The number of hydrogen-bond acceptors (Lipinski definition) is 3. The Bertz CT molecular complexity index is 155. The van der Waals surface area contributed by atoms with E-state index in [0.717, 1.165) is 52.1 Å². The smallest absolute Gasteiger partial charge is 0.0900 e. The first-order valence-corrected chi connectivity index (χ1v) is 5.72. The van der Waals surface area contributed by atoms with E-state index < -0.39 is 0 Å². The lowest BCUT2D eigenvalue weighted by Crippen LogP contribution is -2.61. The second kappa shape index (κ2) is 5.69. The molecule has 1 aliphatic heterocycles. The van der Waals surface area contributed by atoms with Gasteiger partial charge in [0, 0.05) is 32.8 Å². The lowest BCUT2D eigenvalue weighted by atomic mass is 9.89. The van der Waals surface area contributed by atoms with Gasteiger partial charge in [0.2, 0.25) is 0 Å². The Balaban J connectivity index is 1.98. The summed E-state index contributed by atoms with van der Waals surface area (Å²) in [6.45, 7) is 8.56. The fraction of sp³-hybridized carbons (Fsp3) is 1.00. The van der Waals surface area contributed by atoms with Crippen LogP contribution in [0.3, 0.4) is 0 Å². The van der Waals surface area contributed by atoms with Crippen molar-refractivity contribution in [3.8, 4) is 0 Å². The molecule has 1 aliphatic rings. The van der Waals surface area contributed by atoms with Crippen molar-refractivity contribution in [3.63, 3.8) is 0 Å². The number of nitrogens with zero attached hydrogens (tertiary/aromatic N) is 1. The molecule has 0 amide bonds. The molecule has 1 rings (SSSR count). The van der Waals surface area contributed by atoms with E-state index in [9.17, 15) is 5.11 Å². The average Bonchev–Trinajstić information content (AvgIpc) is 2.10. The maximum atomic E-state index is 9.91. The molecule has 0 bridgehead atoms. The Kier molecular flexibility index (Phi) is 4.85. The van der Waals surface area contributed by atoms with Crippen LogP contribution in [0.4, 0.5) is 0 Å². The van der Waals surface area contributed by atoms with E-state index in [-0.39, 0.29) is 5.60 Å². The monoisotopic (exact) mass is 201 g/mol. The number of ether oxygens (including phenoxy) is 1. The molecule has 0 saturated carbocycles. The van der Waals surface area contributed by atoms with Crippen LogP contribution in [0, 0.1) is 0 Å². The SMILES string of the molecule is CCCC1(O)CN(CCCOCC)C1. The Morgan fingerprint density at radius 3 is 2.64 bits per heavy atom. The third kappa shape index (κ3) is 3.56. The zero-order valence-electron chi connectivity index (χ0n) is 9.46. The first-order chi connectivity index (χ1) is 6.70. The van der Waals surface area contributed by atoms with Crippen molar-refractivity contribution in [3.05, 3.63) is 0 Å². The van der Waals surface area contributed by atoms with E-state index in [4.69, 9.17) is 4.74 Å². The molecule has 3 nitrogen and oxygen atoms in total. The average molecular weight is 201 g/mol. The van der Waals surface area contributed by atoms with E-state index >= 15 is 0 Å². The van der Waals surface area contributed by atoms with Crippen molar-refractivity contribution in [2.75, 3.05) is 32.8 Å². The lowest BCUT2D eigenvalue weighted by molar-refractivity contribution is -0.104. The highest BCUT2D eigenvalue weighted by atomic mass is 16.5. The fourth-order valence-corrected chi connectivity index (χ4v) is 2.10. The van der Waals surface area contributed by atoms with Gasteiger partial charge in [-0.3, -0.25) is 4.90 Å². The van der Waals surface area contributed by atoms with Crippen molar-refractivity contribution >= 4 is 0 Å². The standard InChI is InChI=1S/C11H23NO2/c1-3-6-11(13)9-12(10-11)7-5-8-14-4-2/h13H,3-10H2,1-2H3. The van der Waals surface area contributed by atoms with Gasteiger partial charge < -0.3 is 9.84 Å². The summed E-state index contributed by atoms with van der Waals surface area (Å²) in [6, 6.07) is 0. The molecule has 0 aromatic carbocycles. The van der Waals surface area contributed by atoms with Crippen LogP contribution in [0.1, 0.15) is 33.1 Å². The summed E-state index contributed by atoms with van der Waals surface area (Å²) >= 11 is 0. The van der Waals surface area contributed by atoms with E-state index in [1.165, 1.54) is 0 Å². The summed E-state index contributed by atoms with van der Waals surface area (Å²) in [4.78, 5) is 2.30. The molecule has 0 spiro atoms. The van der Waals surface area contributed by atoms with E-state index in [1.807, 2.05) is 6.92 Å². The maximum absolute atomic E-state index is 9.91. The molecule has 1 heterocycles. The van der Waals surface area contributed by atoms with Gasteiger partial charge in [0.15, 0.2) is 0 Å². The number of likely N-dealkylation sites (tertiary alicyclic amines) is 1. The Hall–Kier alpha value is -0.120. The highest BCUT2D eigenvalue weighted by Crippen LogP contribution is 2.25. The van der Waals surface area contributed by atoms with Crippen molar-refractivity contribution in [1.82, 2.24) is 4.90 Å². The molecule has 0 aromatic rings. The van der Waals surface area contributed by atoms with Gasteiger partial charge in [-0.25, -0.2) is 0 Å². The van der Waals surface area contributed by atoms with Crippen molar-refractivity contribution in [2.45, 2.75) is 38.7 Å². The first kappa shape index (κ1) is 12.0. The third-order valence-corrected chi connectivity index (χ3v) is 2.72. The normalized spacial score (nSPS) is 20.8. The highest BCUT2D eigenvalue weighted by Gasteiger charge is 2.39. The van der Waals surface area contributed by atoms with Crippen LogP contribution >= 0.6 is 0 Å². The van der Waals surface area contributed by atoms with E-state index in [2.05, 4.69) is 11.8 Å². The van der Waals surface area contributed by atoms with Gasteiger partial charge in [-0.2, -0.15) is 0 Å². The van der Waals surface area contributed by atoms with Crippen LogP contribution in [0.15, 0.2) is 0 Å². The number of β-amino-alcohol motifs (C(OH)–C–C–N with tert-alkyl or cyclic N) is 1. The molecule has 0 atom stereocenters. The molecule has 0 radical (unpaired) electrons. The third-order valence-electron chi connectivity index (χ3n) is 2.72. The minimum absolute atomic E-state index is 0.375. The minimum Gasteiger partial charge on any atom is -0.387 e. The summed E-state index contributed by atoms with van der Waals surface area (Å²) in [6.07, 6.45) is 3.09. The topological polar surface area (TPSA) is 32.7 Å². The van der Waals surface area contributed by atoms with Crippen LogP contribution in [0.25, 0.3) is 0 Å². The van der Waals surface area contributed by atoms with Crippen molar-refractivity contribution < 1.29 is 9.84 Å². The second-order valence-corrected chi connectivity index (χ2v) is 4.24. The Morgan fingerprint density at radius 1 is 1.36 bits per heavy atom. The van der Waals surface area contributed by atoms with Gasteiger partial charge in [-0.1, -0.05) is 13.3 Å². The molecule has 3 heteroatoms. The van der Waals surface area contributed by atoms with Crippen LogP contribution in [-0.4, -0.2) is 48.5 Å². The largest absolute Gasteiger partial charge is 0.387 e. The van der Waals surface area contributed by atoms with Crippen molar-refractivity contribution in [1.29, 1.82) is 0 Å². The van der Waals surface area contributed by atoms with Gasteiger partial charge in [-0.15, -0.1) is 0 Å². The molecule has 0 aromatic heterocycles. The van der Waals surface area contributed by atoms with Crippen LogP contribution in [0.2, 0.25) is 0 Å². The van der Waals surface area contributed by atoms with Gasteiger partial charge in [0.05, 0.1) is 5.60 Å². The molecule has 1 saturated heterocycles. The molecule has 1 fully saturated rings. The zero-order valence-corrected chi connectivity index (χ0v) is 9.46. The summed E-state index contributed by atoms with van der Waals surface area (Å²) in [5.41, 5.74) is -0.375. The molecule has 0 unspecified atom stereocenters. The molecular weight excluding hydrogens is 178 g/mol. The predicted molar refractivity (Wildman–Crippen MR) is 57.4 cm³/mol. The van der Waals surface area contributed by atoms with Gasteiger partial charge in [-0.05, 0) is 19.8 Å². The quantitative estimate of drug-likeness (QED) is 0.629. The van der Waals surface area contributed by atoms with E-state index in [0.29, 0.717) is 0 Å². The Morgan fingerprint density at radius 2 is 2.07 bits per heavy atom. The lowest BCUT2D eigenvalue weighted by Gasteiger charge is -2.46. The fourth-order valence-electron chi connectivity index (χ4n) is 2.10. The van der Waals surface area contributed by atoms with Gasteiger partial charge >= 0.3 is 0 Å². The summed E-state index contributed by atoms with van der Waals surface area (Å²) in [5, 5.41) is 9.91. The maximum Gasteiger partial charge on any atom is 0.0900 e. The molecular formula is C11H23NO2. The van der Waals surface area contributed by atoms with Gasteiger partial charge in [0.25, 0.3) is 0 Å². The molecule has 0 aliphatic carbocycles. The molecule has 1 N–H and O–H groups in total. The zero-order chi connectivity index (χ0) is 10.4. The molecule has 14 heavy (non-hydrogen) atoms. The summed E-state index contributed by atoms with van der Waals surface area (Å²) in [7, 11) is 0.